The number of rotatable bonds is 9. The van der Waals surface area contributed by atoms with Crippen molar-refractivity contribution in [2.45, 2.75) is 57.6 Å². The third-order valence-electron chi connectivity index (χ3n) is 6.48. The highest BCUT2D eigenvalue weighted by molar-refractivity contribution is 7.98. The predicted molar refractivity (Wildman–Crippen MR) is 147 cm³/mol. The number of aliphatic carboxylic acids is 1. The first kappa shape index (κ1) is 26.6. The number of aryl methyl sites for hydroxylation is 3. The van der Waals surface area contributed by atoms with Crippen LogP contribution in [0.3, 0.4) is 0 Å². The maximum atomic E-state index is 12.8. The van der Waals surface area contributed by atoms with Crippen LogP contribution >= 0.6 is 23.4 Å². The molecule has 4 aromatic heterocycles. The van der Waals surface area contributed by atoms with Crippen molar-refractivity contribution < 1.29 is 9.90 Å². The number of nitrogens with zero attached hydrogens (tertiary/aromatic N) is 7. The second-order valence-corrected chi connectivity index (χ2v) is 10.3. The molecule has 0 amide bonds. The van der Waals surface area contributed by atoms with Crippen LogP contribution in [0.1, 0.15) is 41.7 Å². The normalized spacial score (nSPS) is 11.6. The average molecular weight is 569 g/mol. The van der Waals surface area contributed by atoms with Gasteiger partial charge in [0.2, 0.25) is 5.16 Å². The first-order valence-electron chi connectivity index (χ1n) is 12.2. The Morgan fingerprint density at radius 2 is 1.85 bits per heavy atom. The highest BCUT2D eigenvalue weighted by atomic mass is 35.5. The molecule has 0 bridgehead atoms. The van der Waals surface area contributed by atoms with E-state index in [2.05, 4.69) is 20.1 Å². The lowest BCUT2D eigenvalue weighted by atomic mass is 10.1. The van der Waals surface area contributed by atoms with E-state index >= 15 is 0 Å². The van der Waals surface area contributed by atoms with E-state index in [9.17, 15) is 14.4 Å². The summed E-state index contributed by atoms with van der Waals surface area (Å²) in [5.74, 6) is 0.488. The lowest BCUT2D eigenvalue weighted by molar-refractivity contribution is -0.136. The van der Waals surface area contributed by atoms with Crippen LogP contribution in [-0.2, 0) is 30.1 Å². The minimum atomic E-state index is -0.875. The number of thioether (sulfide) groups is 1. The second kappa shape index (κ2) is 10.7. The Morgan fingerprint density at radius 1 is 1.10 bits per heavy atom. The lowest BCUT2D eigenvalue weighted by Gasteiger charge is -2.08. The second-order valence-electron chi connectivity index (χ2n) is 8.97. The molecule has 0 atom stereocenters. The maximum Gasteiger partial charge on any atom is 0.330 e. The van der Waals surface area contributed by atoms with Gasteiger partial charge in [-0.2, -0.15) is 4.98 Å². The number of hydrogen-bond donors (Lipinski definition) is 2. The van der Waals surface area contributed by atoms with E-state index in [0.717, 1.165) is 22.5 Å². The van der Waals surface area contributed by atoms with Gasteiger partial charge >= 0.3 is 11.7 Å². The molecule has 202 valence electrons. The molecule has 0 saturated heterocycles. The molecule has 0 aliphatic heterocycles. The molecule has 39 heavy (non-hydrogen) atoms. The zero-order valence-electron chi connectivity index (χ0n) is 21.4. The van der Waals surface area contributed by atoms with Crippen LogP contribution in [0.5, 0.6) is 0 Å². The van der Waals surface area contributed by atoms with Gasteiger partial charge in [-0.05, 0) is 50.5 Å². The fraction of sp³-hybridized carbons (Fsp3) is 0.320. The number of aromatic amines is 1. The van der Waals surface area contributed by atoms with Gasteiger partial charge in [0.15, 0.2) is 11.2 Å². The first-order chi connectivity index (χ1) is 18.7. The van der Waals surface area contributed by atoms with Crippen molar-refractivity contribution >= 4 is 46.3 Å². The van der Waals surface area contributed by atoms with Gasteiger partial charge in [0.25, 0.3) is 11.3 Å². The summed E-state index contributed by atoms with van der Waals surface area (Å²) in [6.07, 6.45) is 0.353. The predicted octanol–water partition coefficient (Wildman–Crippen LogP) is 2.97. The quantitative estimate of drug-likeness (QED) is 0.255. The van der Waals surface area contributed by atoms with Crippen LogP contribution in [0.15, 0.2) is 39.0 Å². The van der Waals surface area contributed by atoms with Gasteiger partial charge in [0.1, 0.15) is 5.82 Å². The smallest absolute Gasteiger partial charge is 0.330 e. The average Bonchev–Trinajstić information content (AvgIpc) is 3.47. The number of fused-ring (bicyclic) bond motifs is 2. The van der Waals surface area contributed by atoms with E-state index in [1.165, 1.54) is 16.3 Å². The van der Waals surface area contributed by atoms with Crippen LogP contribution in [0.25, 0.3) is 16.9 Å². The molecule has 5 rings (SSSR count). The van der Waals surface area contributed by atoms with Crippen molar-refractivity contribution in [1.82, 2.24) is 38.7 Å². The van der Waals surface area contributed by atoms with Gasteiger partial charge in [0, 0.05) is 29.4 Å². The van der Waals surface area contributed by atoms with Crippen molar-refractivity contribution in [3.8, 4) is 0 Å². The van der Waals surface area contributed by atoms with E-state index in [1.54, 1.807) is 21.2 Å². The number of carboxylic acids is 1. The number of benzene rings is 1. The molecule has 2 N–H and O–H groups in total. The highest BCUT2D eigenvalue weighted by Crippen LogP contribution is 2.24. The third kappa shape index (κ3) is 5.19. The van der Waals surface area contributed by atoms with Crippen LogP contribution in [-0.4, -0.2) is 49.8 Å². The van der Waals surface area contributed by atoms with Gasteiger partial charge in [-0.3, -0.25) is 19.1 Å². The van der Waals surface area contributed by atoms with Crippen molar-refractivity contribution in [3.63, 3.8) is 0 Å². The Kier molecular flexibility index (Phi) is 7.28. The molecule has 4 heterocycles. The summed E-state index contributed by atoms with van der Waals surface area (Å²) in [5, 5.41) is 14.7. The molecule has 14 heteroatoms. The first-order valence-corrected chi connectivity index (χ1v) is 13.6. The summed E-state index contributed by atoms with van der Waals surface area (Å²) in [4.78, 5) is 52.7. The topological polar surface area (TPSA) is 153 Å². The Bertz CT molecular complexity index is 1840. The summed E-state index contributed by atoms with van der Waals surface area (Å²) in [6.45, 7) is 6.29. The Labute approximate surface area is 230 Å². The molecule has 0 aliphatic carbocycles. The number of carbonyl (C=O) groups is 1. The number of carboxylic acid groups (broad SMARTS) is 1. The summed E-state index contributed by atoms with van der Waals surface area (Å²) in [5.41, 5.74) is 2.76. The summed E-state index contributed by atoms with van der Waals surface area (Å²) >= 11 is 7.32. The minimum absolute atomic E-state index is 0.000626. The van der Waals surface area contributed by atoms with Gasteiger partial charge < -0.3 is 9.67 Å². The van der Waals surface area contributed by atoms with Gasteiger partial charge in [-0.15, -0.1) is 5.10 Å². The Hall–Kier alpha value is -3.97. The van der Waals surface area contributed by atoms with Crippen LogP contribution in [0.2, 0.25) is 5.02 Å². The van der Waals surface area contributed by atoms with Gasteiger partial charge in [-0.25, -0.2) is 19.3 Å². The van der Waals surface area contributed by atoms with Gasteiger partial charge in [-0.1, -0.05) is 35.5 Å². The molecule has 0 spiro atoms. The number of nitrogens with one attached hydrogen (secondary N) is 1. The van der Waals surface area contributed by atoms with Crippen LogP contribution in [0, 0.1) is 13.8 Å². The number of imidazole rings is 1. The van der Waals surface area contributed by atoms with E-state index < -0.39 is 17.2 Å². The summed E-state index contributed by atoms with van der Waals surface area (Å²) in [7, 11) is 0. The fourth-order valence-corrected chi connectivity index (χ4v) is 5.45. The summed E-state index contributed by atoms with van der Waals surface area (Å²) in [6, 6.07) is 7.12. The Morgan fingerprint density at radius 3 is 2.54 bits per heavy atom. The van der Waals surface area contributed by atoms with Crippen molar-refractivity contribution in [2.75, 3.05) is 0 Å². The number of hydrogen-bond acceptors (Lipinski definition) is 8. The summed E-state index contributed by atoms with van der Waals surface area (Å²) < 4.78 is 4.84. The number of aromatic nitrogens is 8. The molecule has 5 aromatic rings. The zero-order valence-corrected chi connectivity index (χ0v) is 23.0. The third-order valence-corrected chi connectivity index (χ3v) is 7.57. The fourth-order valence-electron chi connectivity index (χ4n) is 4.56. The molecule has 0 radical (unpaired) electrons. The van der Waals surface area contributed by atoms with Crippen molar-refractivity contribution in [2.24, 2.45) is 0 Å². The Balaban J connectivity index is 1.48. The molecule has 1 aromatic carbocycles. The largest absolute Gasteiger partial charge is 0.481 e. The highest BCUT2D eigenvalue weighted by Gasteiger charge is 2.20. The van der Waals surface area contributed by atoms with E-state index in [-0.39, 0.29) is 13.0 Å². The van der Waals surface area contributed by atoms with Crippen molar-refractivity contribution in [3.05, 3.63) is 78.5 Å². The SMILES string of the molecule is CCn1c(CSc2nc3nc(C)c(CCC(=O)O)c(C)n3n2)nc2c1c(=O)[nH]c(=O)n2Cc1ccc(Cl)cc1. The molecular formula is C25H25ClN8O4S. The van der Waals surface area contributed by atoms with Crippen molar-refractivity contribution in [1.29, 1.82) is 0 Å². The molecule has 0 unspecified atom stereocenters. The van der Waals surface area contributed by atoms with E-state index in [0.29, 0.717) is 51.7 Å². The lowest BCUT2D eigenvalue weighted by Crippen LogP contribution is -2.31. The monoisotopic (exact) mass is 568 g/mol. The number of halogens is 1. The van der Waals surface area contributed by atoms with E-state index in [4.69, 9.17) is 21.7 Å². The van der Waals surface area contributed by atoms with Gasteiger partial charge in [0.05, 0.1) is 12.3 Å². The van der Waals surface area contributed by atoms with Crippen LogP contribution in [0.4, 0.5) is 0 Å². The minimum Gasteiger partial charge on any atom is -0.481 e. The molecule has 0 saturated carbocycles. The molecular weight excluding hydrogens is 544 g/mol. The number of H-pyrrole nitrogens is 1. The standard InChI is InChI=1S/C25H25ClN8O4S/c1-4-32-18(12-39-24-30-23-27-13(2)17(9-10-19(35)36)14(3)34(23)31-24)28-21-20(32)22(37)29-25(38)33(21)11-15-5-7-16(26)8-6-15/h5-8H,4,9-12H2,1-3H3,(H,35,36)(H,29,37,38). The molecule has 0 aliphatic rings. The van der Waals surface area contributed by atoms with Crippen LogP contribution < -0.4 is 11.2 Å². The molecule has 0 fully saturated rings. The maximum absolute atomic E-state index is 12.8. The van der Waals surface area contributed by atoms with E-state index in [1.807, 2.05) is 32.9 Å². The molecule has 12 nitrogen and oxygen atoms in total. The zero-order chi connectivity index (χ0) is 27.8.